The van der Waals surface area contributed by atoms with Crippen molar-refractivity contribution in [3.05, 3.63) is 54.6 Å². The van der Waals surface area contributed by atoms with Gasteiger partial charge >= 0.3 is 0 Å². The van der Waals surface area contributed by atoms with Crippen LogP contribution in [0.4, 0.5) is 0 Å². The fourth-order valence-corrected chi connectivity index (χ4v) is 1.97. The van der Waals surface area contributed by atoms with Crippen LogP contribution < -0.4 is 10.1 Å². The molecule has 1 N–H and O–H groups in total. The summed E-state index contributed by atoms with van der Waals surface area (Å²) < 4.78 is 5.98. The number of nitrogens with one attached hydrogen (secondary N) is 1. The van der Waals surface area contributed by atoms with Crippen molar-refractivity contribution >= 4 is 0 Å². The zero-order valence-electron chi connectivity index (χ0n) is 10.9. The molecule has 0 radical (unpaired) electrons. The van der Waals surface area contributed by atoms with Crippen molar-refractivity contribution in [2.45, 2.75) is 13.0 Å². The highest BCUT2D eigenvalue weighted by Crippen LogP contribution is 2.30. The Morgan fingerprint density at radius 2 is 1.67 bits per heavy atom. The van der Waals surface area contributed by atoms with Crippen LogP contribution in [0.1, 0.15) is 6.92 Å². The molecule has 1 atom stereocenters. The second-order valence-electron chi connectivity index (χ2n) is 4.35. The van der Waals surface area contributed by atoms with Crippen LogP contribution in [0, 0.1) is 0 Å². The van der Waals surface area contributed by atoms with E-state index in [0.29, 0.717) is 0 Å². The highest BCUT2D eigenvalue weighted by Gasteiger charge is 2.08. The first-order valence-corrected chi connectivity index (χ1v) is 6.27. The van der Waals surface area contributed by atoms with Crippen molar-refractivity contribution in [1.29, 1.82) is 0 Å². The molecule has 2 rings (SSSR count). The number of benzene rings is 2. The fourth-order valence-electron chi connectivity index (χ4n) is 1.97. The number of likely N-dealkylation sites (N-methyl/N-ethyl adjacent to an activating group) is 1. The Kier molecular flexibility index (Phi) is 4.37. The van der Waals surface area contributed by atoms with Gasteiger partial charge in [0.05, 0.1) is 0 Å². The minimum absolute atomic E-state index is 0.153. The van der Waals surface area contributed by atoms with E-state index in [9.17, 15) is 0 Å². The Hall–Kier alpha value is -1.80. The SMILES string of the molecule is CNCC(C)Oc1ccccc1-c1ccccc1. The van der Waals surface area contributed by atoms with Gasteiger partial charge in [-0.3, -0.25) is 0 Å². The minimum Gasteiger partial charge on any atom is -0.489 e. The predicted molar refractivity (Wildman–Crippen MR) is 75.9 cm³/mol. The molecule has 0 aromatic heterocycles. The normalized spacial score (nSPS) is 12.1. The summed E-state index contributed by atoms with van der Waals surface area (Å²) in [5.74, 6) is 0.937. The molecular formula is C16H19NO. The number of ether oxygens (including phenoxy) is 1. The zero-order chi connectivity index (χ0) is 12.8. The van der Waals surface area contributed by atoms with Gasteiger partial charge in [-0.2, -0.15) is 0 Å². The first-order valence-electron chi connectivity index (χ1n) is 6.27. The Labute approximate surface area is 109 Å². The lowest BCUT2D eigenvalue weighted by atomic mass is 10.0. The fraction of sp³-hybridized carbons (Fsp3) is 0.250. The molecule has 0 spiro atoms. The van der Waals surface area contributed by atoms with E-state index in [1.807, 2.05) is 43.4 Å². The van der Waals surface area contributed by atoms with Crippen molar-refractivity contribution in [1.82, 2.24) is 5.32 Å². The van der Waals surface area contributed by atoms with E-state index in [0.717, 1.165) is 17.9 Å². The molecule has 2 heteroatoms. The highest BCUT2D eigenvalue weighted by molar-refractivity contribution is 5.70. The molecule has 0 amide bonds. The summed E-state index contributed by atoms with van der Waals surface area (Å²) in [6, 6.07) is 18.5. The van der Waals surface area contributed by atoms with E-state index in [1.54, 1.807) is 0 Å². The van der Waals surface area contributed by atoms with Gasteiger partial charge in [-0.05, 0) is 25.6 Å². The molecule has 2 nitrogen and oxygen atoms in total. The summed E-state index contributed by atoms with van der Waals surface area (Å²) in [5.41, 5.74) is 2.32. The van der Waals surface area contributed by atoms with Crippen molar-refractivity contribution < 1.29 is 4.74 Å². The summed E-state index contributed by atoms with van der Waals surface area (Å²) in [4.78, 5) is 0. The van der Waals surface area contributed by atoms with Gasteiger partial charge in [0.1, 0.15) is 11.9 Å². The molecule has 1 unspecified atom stereocenters. The molecule has 0 fully saturated rings. The van der Waals surface area contributed by atoms with Crippen LogP contribution >= 0.6 is 0 Å². The minimum atomic E-state index is 0.153. The number of hydrogen-bond acceptors (Lipinski definition) is 2. The Morgan fingerprint density at radius 3 is 2.39 bits per heavy atom. The highest BCUT2D eigenvalue weighted by atomic mass is 16.5. The van der Waals surface area contributed by atoms with Gasteiger partial charge in [0.15, 0.2) is 0 Å². The summed E-state index contributed by atoms with van der Waals surface area (Å²) in [6.07, 6.45) is 0.153. The standard InChI is InChI=1S/C16H19NO/c1-13(12-17-2)18-16-11-7-6-10-15(16)14-8-4-3-5-9-14/h3-11,13,17H,12H2,1-2H3. The van der Waals surface area contributed by atoms with Gasteiger partial charge in [0.25, 0.3) is 0 Å². The molecule has 18 heavy (non-hydrogen) atoms. The third-order valence-electron chi connectivity index (χ3n) is 2.79. The molecule has 2 aromatic carbocycles. The monoisotopic (exact) mass is 241 g/mol. The Balaban J connectivity index is 2.26. The third kappa shape index (κ3) is 3.11. The molecule has 0 bridgehead atoms. The third-order valence-corrected chi connectivity index (χ3v) is 2.79. The van der Waals surface area contributed by atoms with Gasteiger partial charge in [0, 0.05) is 12.1 Å². The number of rotatable bonds is 5. The molecule has 94 valence electrons. The average Bonchev–Trinajstić information content (AvgIpc) is 2.40. The van der Waals surface area contributed by atoms with Crippen molar-refractivity contribution in [2.24, 2.45) is 0 Å². The largest absolute Gasteiger partial charge is 0.489 e. The summed E-state index contributed by atoms with van der Waals surface area (Å²) in [6.45, 7) is 2.90. The molecule has 0 saturated carbocycles. The summed E-state index contributed by atoms with van der Waals surface area (Å²) >= 11 is 0. The molecule has 0 aliphatic heterocycles. The van der Waals surface area contributed by atoms with Crippen LogP contribution in [-0.2, 0) is 0 Å². The summed E-state index contributed by atoms with van der Waals surface area (Å²) in [5, 5.41) is 3.12. The van der Waals surface area contributed by atoms with Gasteiger partial charge in [-0.25, -0.2) is 0 Å². The first-order chi connectivity index (χ1) is 8.81. The van der Waals surface area contributed by atoms with E-state index < -0.39 is 0 Å². The van der Waals surface area contributed by atoms with E-state index >= 15 is 0 Å². The lowest BCUT2D eigenvalue weighted by Gasteiger charge is -2.17. The molecule has 0 saturated heterocycles. The topological polar surface area (TPSA) is 21.3 Å². The van der Waals surface area contributed by atoms with E-state index in [2.05, 4.69) is 30.4 Å². The van der Waals surface area contributed by atoms with Gasteiger partial charge in [-0.1, -0.05) is 48.5 Å². The van der Waals surface area contributed by atoms with Crippen LogP contribution in [0.25, 0.3) is 11.1 Å². The lowest BCUT2D eigenvalue weighted by molar-refractivity contribution is 0.221. The Morgan fingerprint density at radius 1 is 1.00 bits per heavy atom. The van der Waals surface area contributed by atoms with E-state index in [-0.39, 0.29) is 6.10 Å². The van der Waals surface area contributed by atoms with Gasteiger partial charge < -0.3 is 10.1 Å². The van der Waals surface area contributed by atoms with Gasteiger partial charge in [-0.15, -0.1) is 0 Å². The predicted octanol–water partition coefficient (Wildman–Crippen LogP) is 3.34. The number of para-hydroxylation sites is 1. The van der Waals surface area contributed by atoms with Crippen LogP contribution in [0.15, 0.2) is 54.6 Å². The smallest absolute Gasteiger partial charge is 0.127 e. The maximum Gasteiger partial charge on any atom is 0.127 e. The molecule has 0 heterocycles. The molecule has 0 aliphatic carbocycles. The average molecular weight is 241 g/mol. The van der Waals surface area contributed by atoms with E-state index in [4.69, 9.17) is 4.74 Å². The maximum absolute atomic E-state index is 5.98. The molecule has 0 aliphatic rings. The van der Waals surface area contributed by atoms with Crippen molar-refractivity contribution in [2.75, 3.05) is 13.6 Å². The summed E-state index contributed by atoms with van der Waals surface area (Å²) in [7, 11) is 1.93. The van der Waals surface area contributed by atoms with E-state index in [1.165, 1.54) is 5.56 Å². The molecule has 2 aromatic rings. The zero-order valence-corrected chi connectivity index (χ0v) is 10.9. The van der Waals surface area contributed by atoms with Crippen molar-refractivity contribution in [3.63, 3.8) is 0 Å². The van der Waals surface area contributed by atoms with Gasteiger partial charge in [0.2, 0.25) is 0 Å². The number of hydrogen-bond donors (Lipinski definition) is 1. The Bertz CT molecular complexity index is 481. The second kappa shape index (κ2) is 6.22. The first kappa shape index (κ1) is 12.7. The molecular weight excluding hydrogens is 222 g/mol. The quantitative estimate of drug-likeness (QED) is 0.867. The lowest BCUT2D eigenvalue weighted by Crippen LogP contribution is -2.26. The van der Waals surface area contributed by atoms with Crippen LogP contribution in [0.2, 0.25) is 0 Å². The van der Waals surface area contributed by atoms with Crippen LogP contribution in [-0.4, -0.2) is 19.7 Å². The maximum atomic E-state index is 5.98. The van der Waals surface area contributed by atoms with Crippen molar-refractivity contribution in [3.8, 4) is 16.9 Å². The van der Waals surface area contributed by atoms with Crippen LogP contribution in [0.3, 0.4) is 0 Å². The second-order valence-corrected chi connectivity index (χ2v) is 4.35. The van der Waals surface area contributed by atoms with Crippen LogP contribution in [0.5, 0.6) is 5.75 Å².